The van der Waals surface area contributed by atoms with Gasteiger partial charge in [-0.3, -0.25) is 14.3 Å². The number of thioether (sulfide) groups is 1. The van der Waals surface area contributed by atoms with Crippen molar-refractivity contribution < 1.29 is 4.79 Å². The summed E-state index contributed by atoms with van der Waals surface area (Å²) in [6.45, 7) is 6.15. The van der Waals surface area contributed by atoms with Crippen molar-refractivity contribution in [2.75, 3.05) is 5.32 Å². The topological polar surface area (TPSA) is 72.7 Å². The number of para-hydroxylation sites is 1. The molecule has 2 heterocycles. The van der Waals surface area contributed by atoms with Gasteiger partial charge in [-0.25, -0.2) is 0 Å². The van der Waals surface area contributed by atoms with E-state index in [0.29, 0.717) is 28.2 Å². The lowest BCUT2D eigenvalue weighted by atomic mass is 10.2. The maximum atomic E-state index is 12.5. The lowest BCUT2D eigenvalue weighted by molar-refractivity contribution is -0.115. The Morgan fingerprint density at radius 1 is 1.30 bits per heavy atom. The normalized spacial score (nSPS) is 11.8. The molecule has 0 saturated carbocycles. The standard InChI is InChI=1S/C19H18ClN5OS/c1-3-12-25-17(14-8-10-21-11-9-14)23-24-19(25)27-13(2)18(26)22-16-7-5-4-6-15(16)20/h3-11,13H,1,12H2,2H3,(H,22,26)/t13-/m1/s1. The Hall–Kier alpha value is -2.64. The molecule has 0 spiro atoms. The molecule has 0 fully saturated rings. The average Bonchev–Trinajstić information content (AvgIpc) is 3.07. The molecular formula is C19H18ClN5OS. The highest BCUT2D eigenvalue weighted by Crippen LogP contribution is 2.28. The number of carbonyl (C=O) groups is 1. The summed E-state index contributed by atoms with van der Waals surface area (Å²) >= 11 is 7.44. The molecule has 0 aliphatic rings. The van der Waals surface area contributed by atoms with Gasteiger partial charge in [0.25, 0.3) is 0 Å². The lowest BCUT2D eigenvalue weighted by Gasteiger charge is -2.13. The van der Waals surface area contributed by atoms with Gasteiger partial charge in [-0.15, -0.1) is 16.8 Å². The molecule has 27 heavy (non-hydrogen) atoms. The first-order valence-electron chi connectivity index (χ1n) is 8.26. The molecular weight excluding hydrogens is 382 g/mol. The maximum absolute atomic E-state index is 12.5. The van der Waals surface area contributed by atoms with Crippen molar-refractivity contribution in [2.24, 2.45) is 0 Å². The molecule has 3 rings (SSSR count). The molecule has 0 aliphatic carbocycles. The van der Waals surface area contributed by atoms with E-state index in [1.54, 1.807) is 30.6 Å². The molecule has 0 unspecified atom stereocenters. The van der Waals surface area contributed by atoms with Crippen LogP contribution in [0.4, 0.5) is 5.69 Å². The number of rotatable bonds is 7. The first-order valence-corrected chi connectivity index (χ1v) is 9.52. The van der Waals surface area contributed by atoms with Gasteiger partial charge in [-0.2, -0.15) is 0 Å². The smallest absolute Gasteiger partial charge is 0.237 e. The monoisotopic (exact) mass is 399 g/mol. The van der Waals surface area contributed by atoms with E-state index in [2.05, 4.69) is 27.1 Å². The Morgan fingerprint density at radius 2 is 2.04 bits per heavy atom. The Labute approximate surface area is 166 Å². The van der Waals surface area contributed by atoms with Crippen molar-refractivity contribution in [3.8, 4) is 11.4 Å². The molecule has 138 valence electrons. The summed E-state index contributed by atoms with van der Waals surface area (Å²) in [5.41, 5.74) is 1.49. The Morgan fingerprint density at radius 3 is 2.74 bits per heavy atom. The number of aromatic nitrogens is 4. The number of pyridine rings is 1. The van der Waals surface area contributed by atoms with Gasteiger partial charge in [0.1, 0.15) is 0 Å². The van der Waals surface area contributed by atoms with E-state index in [4.69, 9.17) is 11.6 Å². The van der Waals surface area contributed by atoms with Crippen LogP contribution >= 0.6 is 23.4 Å². The highest BCUT2D eigenvalue weighted by atomic mass is 35.5. The summed E-state index contributed by atoms with van der Waals surface area (Å²) in [6, 6.07) is 10.9. The molecule has 0 saturated heterocycles. The van der Waals surface area contributed by atoms with E-state index in [0.717, 1.165) is 5.56 Å². The summed E-state index contributed by atoms with van der Waals surface area (Å²) < 4.78 is 1.92. The van der Waals surface area contributed by atoms with Crippen LogP contribution in [0.3, 0.4) is 0 Å². The number of benzene rings is 1. The number of anilines is 1. The summed E-state index contributed by atoms with van der Waals surface area (Å²) in [7, 11) is 0. The molecule has 1 N–H and O–H groups in total. The molecule has 8 heteroatoms. The van der Waals surface area contributed by atoms with Gasteiger partial charge in [0.2, 0.25) is 5.91 Å². The number of halogens is 1. The third-order valence-corrected chi connectivity index (χ3v) is 5.16. The van der Waals surface area contributed by atoms with Crippen LogP contribution in [0.25, 0.3) is 11.4 Å². The summed E-state index contributed by atoms with van der Waals surface area (Å²) in [4.78, 5) is 16.6. The predicted octanol–water partition coefficient (Wildman–Crippen LogP) is 4.30. The number of carbonyl (C=O) groups excluding carboxylic acids is 1. The number of allylic oxidation sites excluding steroid dienone is 1. The van der Waals surface area contributed by atoms with Crippen molar-refractivity contribution in [3.63, 3.8) is 0 Å². The van der Waals surface area contributed by atoms with Crippen molar-refractivity contribution in [1.82, 2.24) is 19.7 Å². The number of nitrogens with one attached hydrogen (secondary N) is 1. The fourth-order valence-electron chi connectivity index (χ4n) is 2.39. The second-order valence-electron chi connectivity index (χ2n) is 5.67. The van der Waals surface area contributed by atoms with Gasteiger partial charge in [-0.1, -0.05) is 41.6 Å². The van der Waals surface area contributed by atoms with E-state index < -0.39 is 0 Å². The quantitative estimate of drug-likeness (QED) is 0.473. The lowest BCUT2D eigenvalue weighted by Crippen LogP contribution is -2.23. The van der Waals surface area contributed by atoms with Gasteiger partial charge in [0, 0.05) is 24.5 Å². The molecule has 2 aromatic heterocycles. The number of hydrogen-bond donors (Lipinski definition) is 1. The van der Waals surface area contributed by atoms with Crippen molar-refractivity contribution >= 4 is 35.0 Å². The van der Waals surface area contributed by atoms with Crippen LogP contribution in [0.2, 0.25) is 5.02 Å². The van der Waals surface area contributed by atoms with Gasteiger partial charge in [-0.05, 0) is 31.2 Å². The van der Waals surface area contributed by atoms with E-state index in [-0.39, 0.29) is 11.2 Å². The highest BCUT2D eigenvalue weighted by Gasteiger charge is 2.21. The predicted molar refractivity (Wildman–Crippen MR) is 109 cm³/mol. The van der Waals surface area contributed by atoms with E-state index in [9.17, 15) is 4.79 Å². The highest BCUT2D eigenvalue weighted by molar-refractivity contribution is 8.00. The zero-order valence-corrected chi connectivity index (χ0v) is 16.2. The third kappa shape index (κ3) is 4.56. The minimum Gasteiger partial charge on any atom is -0.324 e. The van der Waals surface area contributed by atoms with Crippen molar-refractivity contribution in [3.05, 3.63) is 66.5 Å². The van der Waals surface area contributed by atoms with E-state index in [1.165, 1.54) is 11.8 Å². The van der Waals surface area contributed by atoms with Crippen LogP contribution in [0, 0.1) is 0 Å². The Kier molecular flexibility index (Phi) is 6.26. The van der Waals surface area contributed by atoms with Crippen LogP contribution in [0.1, 0.15) is 6.92 Å². The Balaban J connectivity index is 1.78. The van der Waals surface area contributed by atoms with Crippen LogP contribution in [0.5, 0.6) is 0 Å². The molecule has 3 aromatic rings. The molecule has 1 aromatic carbocycles. The minimum atomic E-state index is -0.390. The van der Waals surface area contributed by atoms with Crippen molar-refractivity contribution in [2.45, 2.75) is 23.9 Å². The van der Waals surface area contributed by atoms with Crippen LogP contribution in [-0.2, 0) is 11.3 Å². The second-order valence-corrected chi connectivity index (χ2v) is 7.39. The zero-order valence-electron chi connectivity index (χ0n) is 14.7. The summed E-state index contributed by atoms with van der Waals surface area (Å²) in [5.74, 6) is 0.547. The largest absolute Gasteiger partial charge is 0.324 e. The molecule has 0 radical (unpaired) electrons. The third-order valence-electron chi connectivity index (χ3n) is 3.75. The summed E-state index contributed by atoms with van der Waals surface area (Å²) in [6.07, 6.45) is 5.18. The molecule has 1 atom stereocenters. The molecule has 6 nitrogen and oxygen atoms in total. The molecule has 0 bridgehead atoms. The van der Waals surface area contributed by atoms with Gasteiger partial charge < -0.3 is 5.32 Å². The fraction of sp³-hybridized carbons (Fsp3) is 0.158. The van der Waals surface area contributed by atoms with E-state index >= 15 is 0 Å². The van der Waals surface area contributed by atoms with Crippen molar-refractivity contribution in [1.29, 1.82) is 0 Å². The van der Waals surface area contributed by atoms with Gasteiger partial charge in [0.15, 0.2) is 11.0 Å². The van der Waals surface area contributed by atoms with Crippen LogP contribution in [0.15, 0.2) is 66.6 Å². The van der Waals surface area contributed by atoms with Crippen LogP contribution < -0.4 is 5.32 Å². The van der Waals surface area contributed by atoms with Gasteiger partial charge in [0.05, 0.1) is 16.0 Å². The average molecular weight is 400 g/mol. The fourth-order valence-corrected chi connectivity index (χ4v) is 3.43. The van der Waals surface area contributed by atoms with Gasteiger partial charge >= 0.3 is 0 Å². The SMILES string of the molecule is C=CCn1c(S[C@H](C)C(=O)Nc2ccccc2Cl)nnc1-c1ccncc1. The van der Waals surface area contributed by atoms with E-state index in [1.807, 2.05) is 35.8 Å². The second kappa shape index (κ2) is 8.83. The molecule has 0 aliphatic heterocycles. The minimum absolute atomic E-state index is 0.160. The number of hydrogen-bond acceptors (Lipinski definition) is 5. The first kappa shape index (κ1) is 19.1. The molecule has 1 amide bonds. The zero-order chi connectivity index (χ0) is 19.2. The number of nitrogens with zero attached hydrogens (tertiary/aromatic N) is 4. The summed E-state index contributed by atoms with van der Waals surface area (Å²) in [5, 5.41) is 12.1. The van der Waals surface area contributed by atoms with Crippen LogP contribution in [-0.4, -0.2) is 30.9 Å². The maximum Gasteiger partial charge on any atom is 0.237 e. The first-order chi connectivity index (χ1) is 13.1. The number of amides is 1. The Bertz CT molecular complexity index is 944.